The molecule has 0 amide bonds. The van der Waals surface area contributed by atoms with E-state index in [1.54, 1.807) is 0 Å². The van der Waals surface area contributed by atoms with E-state index in [4.69, 9.17) is 4.74 Å². The summed E-state index contributed by atoms with van der Waals surface area (Å²) in [6, 6.07) is 7.58. The number of benzene rings is 1. The number of rotatable bonds is 8. The van der Waals surface area contributed by atoms with E-state index < -0.39 is 0 Å². The third-order valence-corrected chi connectivity index (χ3v) is 7.94. The van der Waals surface area contributed by atoms with Gasteiger partial charge >= 0.3 is 5.97 Å². The molecule has 1 heterocycles. The van der Waals surface area contributed by atoms with Gasteiger partial charge in [-0.15, -0.1) is 0 Å². The Labute approximate surface area is 199 Å². The minimum absolute atomic E-state index is 0.0480. The van der Waals surface area contributed by atoms with Crippen molar-refractivity contribution >= 4 is 5.97 Å². The van der Waals surface area contributed by atoms with Crippen LogP contribution in [-0.2, 0) is 11.2 Å². The van der Waals surface area contributed by atoms with Crippen LogP contribution < -0.4 is 4.74 Å². The van der Waals surface area contributed by atoms with Gasteiger partial charge in [0.2, 0.25) is 0 Å². The van der Waals surface area contributed by atoms with Crippen molar-refractivity contribution in [2.45, 2.75) is 90.9 Å². The summed E-state index contributed by atoms with van der Waals surface area (Å²) in [4.78, 5) is 21.7. The quantitative estimate of drug-likeness (QED) is 0.311. The summed E-state index contributed by atoms with van der Waals surface area (Å²) in [6.45, 7) is 4.46. The van der Waals surface area contributed by atoms with Crippen LogP contribution in [0.3, 0.4) is 0 Å². The molecule has 2 saturated carbocycles. The number of hydrogen-bond donors (Lipinski definition) is 0. The number of aryl methyl sites for hydroxylation is 1. The molecule has 0 N–H and O–H groups in total. The zero-order valence-electron chi connectivity index (χ0n) is 20.5. The van der Waals surface area contributed by atoms with Gasteiger partial charge in [-0.1, -0.05) is 46.0 Å². The fourth-order valence-electron chi connectivity index (χ4n) is 5.98. The number of aromatic nitrogens is 2. The van der Waals surface area contributed by atoms with Crippen molar-refractivity contribution in [3.8, 4) is 17.1 Å². The van der Waals surface area contributed by atoms with Gasteiger partial charge in [0.1, 0.15) is 5.75 Å². The monoisotopic (exact) mass is 448 g/mol. The largest absolute Gasteiger partial charge is 0.426 e. The van der Waals surface area contributed by atoms with Crippen LogP contribution in [0.1, 0.15) is 90.0 Å². The van der Waals surface area contributed by atoms with Crippen molar-refractivity contribution in [3.05, 3.63) is 42.2 Å². The minimum Gasteiger partial charge on any atom is -0.426 e. The molecular formula is C29H40N2O2. The Hall–Kier alpha value is -2.23. The fourth-order valence-corrected chi connectivity index (χ4v) is 5.98. The van der Waals surface area contributed by atoms with Crippen LogP contribution in [0.25, 0.3) is 11.4 Å². The van der Waals surface area contributed by atoms with Gasteiger partial charge in [-0.3, -0.25) is 4.79 Å². The number of nitrogens with zero attached hydrogens (tertiary/aromatic N) is 2. The number of ether oxygens (including phenoxy) is 1. The Morgan fingerprint density at radius 1 is 0.848 bits per heavy atom. The molecule has 178 valence electrons. The summed E-state index contributed by atoms with van der Waals surface area (Å²) < 4.78 is 5.74. The standard InChI is InChI=1S/C29H40N2O2/c1-3-5-21-7-9-23(10-8-21)24-11-13-26(14-12-24)29(32)33-27-17-15-25(16-18-27)28-30-19-22(6-4-2)20-31-28/h15-21,23-24,26H,3-14H2,1-2H3. The molecule has 1 aromatic heterocycles. The third kappa shape index (κ3) is 6.43. The molecule has 2 fully saturated rings. The maximum atomic E-state index is 12.8. The molecule has 0 aliphatic heterocycles. The van der Waals surface area contributed by atoms with Crippen LogP contribution in [0.4, 0.5) is 0 Å². The number of carbonyl (C=O) groups excluding carboxylic acids is 1. The molecule has 0 radical (unpaired) electrons. The summed E-state index contributed by atoms with van der Waals surface area (Å²) in [5.74, 6) is 3.98. The molecule has 1 aromatic carbocycles. The SMILES string of the molecule is CCCc1cnc(-c2ccc(OC(=O)C3CCC(C4CCC(CCC)CC4)CC3)cc2)nc1. The highest BCUT2D eigenvalue weighted by molar-refractivity contribution is 5.75. The minimum atomic E-state index is -0.0620. The number of hydrogen-bond acceptors (Lipinski definition) is 4. The van der Waals surface area contributed by atoms with E-state index in [9.17, 15) is 4.79 Å². The van der Waals surface area contributed by atoms with Crippen molar-refractivity contribution in [2.75, 3.05) is 0 Å². The van der Waals surface area contributed by atoms with E-state index >= 15 is 0 Å². The van der Waals surface area contributed by atoms with Crippen LogP contribution in [0.5, 0.6) is 5.75 Å². The van der Waals surface area contributed by atoms with Crippen molar-refractivity contribution < 1.29 is 9.53 Å². The highest BCUT2D eigenvalue weighted by Gasteiger charge is 2.33. The number of esters is 1. The Bertz CT molecular complexity index is 861. The molecular weight excluding hydrogens is 408 g/mol. The molecule has 2 aliphatic carbocycles. The normalized spacial score (nSPS) is 25.5. The molecule has 2 aliphatic rings. The molecule has 4 heteroatoms. The second-order valence-electron chi connectivity index (χ2n) is 10.3. The molecule has 0 bridgehead atoms. The molecule has 33 heavy (non-hydrogen) atoms. The van der Waals surface area contributed by atoms with Gasteiger partial charge in [-0.2, -0.15) is 0 Å². The van der Waals surface area contributed by atoms with Crippen LogP contribution in [0.15, 0.2) is 36.7 Å². The second kappa shape index (κ2) is 11.8. The third-order valence-electron chi connectivity index (χ3n) is 7.94. The Kier molecular flexibility index (Phi) is 8.52. The average Bonchev–Trinajstić information content (AvgIpc) is 2.86. The van der Waals surface area contributed by atoms with Crippen molar-refractivity contribution in [3.63, 3.8) is 0 Å². The van der Waals surface area contributed by atoms with Gasteiger partial charge in [0, 0.05) is 18.0 Å². The highest BCUT2D eigenvalue weighted by Crippen LogP contribution is 2.42. The van der Waals surface area contributed by atoms with Crippen LogP contribution in [0.2, 0.25) is 0 Å². The first-order valence-electron chi connectivity index (χ1n) is 13.3. The maximum Gasteiger partial charge on any atom is 0.314 e. The van der Waals surface area contributed by atoms with E-state index in [1.165, 1.54) is 51.4 Å². The van der Waals surface area contributed by atoms with Crippen molar-refractivity contribution in [2.24, 2.45) is 23.7 Å². The van der Waals surface area contributed by atoms with E-state index in [2.05, 4.69) is 23.8 Å². The summed E-state index contributed by atoms with van der Waals surface area (Å²) in [5, 5.41) is 0. The maximum absolute atomic E-state index is 12.8. The van der Waals surface area contributed by atoms with Gasteiger partial charge in [0.25, 0.3) is 0 Å². The van der Waals surface area contributed by atoms with Gasteiger partial charge in [0.15, 0.2) is 5.82 Å². The topological polar surface area (TPSA) is 52.1 Å². The highest BCUT2D eigenvalue weighted by atomic mass is 16.5. The van der Waals surface area contributed by atoms with Gasteiger partial charge in [0.05, 0.1) is 5.92 Å². The van der Waals surface area contributed by atoms with Crippen molar-refractivity contribution in [1.29, 1.82) is 0 Å². The molecule has 4 nitrogen and oxygen atoms in total. The lowest BCUT2D eigenvalue weighted by Crippen LogP contribution is -2.30. The second-order valence-corrected chi connectivity index (χ2v) is 10.3. The first-order chi connectivity index (χ1) is 16.2. The first-order valence-corrected chi connectivity index (χ1v) is 13.3. The van der Waals surface area contributed by atoms with Crippen LogP contribution >= 0.6 is 0 Å². The Balaban J connectivity index is 1.24. The molecule has 0 saturated heterocycles. The van der Waals surface area contributed by atoms with Gasteiger partial charge < -0.3 is 4.74 Å². The lowest BCUT2D eigenvalue weighted by atomic mass is 9.69. The van der Waals surface area contributed by atoms with Gasteiger partial charge in [-0.05, 0) is 92.5 Å². The van der Waals surface area contributed by atoms with Gasteiger partial charge in [-0.25, -0.2) is 9.97 Å². The van der Waals surface area contributed by atoms with Crippen LogP contribution in [-0.4, -0.2) is 15.9 Å². The Morgan fingerprint density at radius 3 is 2.03 bits per heavy atom. The average molecular weight is 449 g/mol. The van der Waals surface area contributed by atoms with Crippen LogP contribution in [0, 0.1) is 23.7 Å². The van der Waals surface area contributed by atoms with E-state index in [-0.39, 0.29) is 11.9 Å². The molecule has 0 atom stereocenters. The van der Waals surface area contributed by atoms with E-state index in [0.29, 0.717) is 11.6 Å². The predicted molar refractivity (Wildman–Crippen MR) is 133 cm³/mol. The summed E-state index contributed by atoms with van der Waals surface area (Å²) in [7, 11) is 0. The first kappa shape index (κ1) is 23.9. The Morgan fingerprint density at radius 2 is 1.45 bits per heavy atom. The van der Waals surface area contributed by atoms with E-state index in [1.807, 2.05) is 36.7 Å². The fraction of sp³-hybridized carbons (Fsp3) is 0.621. The zero-order valence-corrected chi connectivity index (χ0v) is 20.5. The summed E-state index contributed by atoms with van der Waals surface area (Å²) in [6.07, 6.45) is 18.6. The molecule has 0 unspecified atom stereocenters. The smallest absolute Gasteiger partial charge is 0.314 e. The lowest BCUT2D eigenvalue weighted by Gasteiger charge is -2.37. The molecule has 2 aromatic rings. The van der Waals surface area contributed by atoms with E-state index in [0.717, 1.165) is 54.6 Å². The van der Waals surface area contributed by atoms with Crippen molar-refractivity contribution in [1.82, 2.24) is 9.97 Å². The summed E-state index contributed by atoms with van der Waals surface area (Å²) in [5.41, 5.74) is 2.10. The lowest BCUT2D eigenvalue weighted by molar-refractivity contribution is -0.140. The molecule has 0 spiro atoms. The summed E-state index contributed by atoms with van der Waals surface area (Å²) >= 11 is 0. The molecule has 4 rings (SSSR count). The predicted octanol–water partition coefficient (Wildman–Crippen LogP) is 7.41. The zero-order chi connectivity index (χ0) is 23.0. The number of carbonyl (C=O) groups is 1.